The number of aromatic nitrogens is 3. The minimum atomic E-state index is 0.444. The van der Waals surface area contributed by atoms with Gasteiger partial charge in [0, 0.05) is 24.5 Å². The molecule has 0 aliphatic heterocycles. The van der Waals surface area contributed by atoms with E-state index in [1.165, 1.54) is 0 Å². The molecule has 6 heteroatoms. The van der Waals surface area contributed by atoms with E-state index in [2.05, 4.69) is 20.4 Å². The number of hydrogen-bond donors (Lipinski definition) is 1. The molecule has 2 aromatic heterocycles. The first-order chi connectivity index (χ1) is 6.38. The maximum atomic E-state index is 4.87. The summed E-state index contributed by atoms with van der Waals surface area (Å²) in [6, 6.07) is 0.444. The average molecular weight is 196 g/mol. The molecule has 0 bridgehead atoms. The average Bonchev–Trinajstić information content (AvgIpc) is 2.76. The Hall–Kier alpha value is -1.43. The Morgan fingerprint density at radius 2 is 2.54 bits per heavy atom. The highest BCUT2D eigenvalue weighted by atomic mass is 32.1. The maximum Gasteiger partial charge on any atom is 0.321 e. The van der Waals surface area contributed by atoms with Crippen LogP contribution in [-0.2, 0) is 6.42 Å². The number of thiazole rings is 1. The lowest BCUT2D eigenvalue weighted by molar-refractivity contribution is 0.426. The summed E-state index contributed by atoms with van der Waals surface area (Å²) in [6.45, 7) is 0. The van der Waals surface area contributed by atoms with Crippen LogP contribution in [0.25, 0.3) is 0 Å². The summed E-state index contributed by atoms with van der Waals surface area (Å²) in [4.78, 5) is 9.18. The monoisotopic (exact) mass is 196 g/mol. The van der Waals surface area contributed by atoms with Gasteiger partial charge in [0.2, 0.25) is 0 Å². The fourth-order valence-corrected chi connectivity index (χ4v) is 1.50. The molecule has 0 amide bonds. The van der Waals surface area contributed by atoms with Crippen LogP contribution in [0.1, 0.15) is 10.7 Å². The van der Waals surface area contributed by atoms with Crippen LogP contribution >= 0.6 is 11.3 Å². The van der Waals surface area contributed by atoms with E-state index < -0.39 is 0 Å². The summed E-state index contributed by atoms with van der Waals surface area (Å²) in [7, 11) is 1.74. The van der Waals surface area contributed by atoms with Gasteiger partial charge in [-0.05, 0) is 0 Å². The van der Waals surface area contributed by atoms with Crippen LogP contribution in [0.4, 0.5) is 6.01 Å². The molecule has 2 heterocycles. The van der Waals surface area contributed by atoms with Crippen LogP contribution in [0.2, 0.25) is 0 Å². The van der Waals surface area contributed by atoms with Crippen LogP contribution < -0.4 is 5.32 Å². The summed E-state index contributed by atoms with van der Waals surface area (Å²) in [5.74, 6) is 0.675. The van der Waals surface area contributed by atoms with E-state index in [0.29, 0.717) is 18.3 Å². The first-order valence-corrected chi connectivity index (χ1v) is 4.64. The van der Waals surface area contributed by atoms with Gasteiger partial charge in [0.15, 0.2) is 5.82 Å². The molecule has 2 aromatic rings. The van der Waals surface area contributed by atoms with E-state index in [0.717, 1.165) is 4.88 Å². The van der Waals surface area contributed by atoms with Gasteiger partial charge in [-0.25, -0.2) is 0 Å². The van der Waals surface area contributed by atoms with Crippen LogP contribution in [-0.4, -0.2) is 22.2 Å². The van der Waals surface area contributed by atoms with Crippen LogP contribution in [0.15, 0.2) is 16.2 Å². The quantitative estimate of drug-likeness (QED) is 0.798. The highest BCUT2D eigenvalue weighted by Gasteiger charge is 2.05. The van der Waals surface area contributed by atoms with E-state index in [9.17, 15) is 0 Å². The third kappa shape index (κ3) is 1.83. The largest absolute Gasteiger partial charge is 0.341 e. The highest BCUT2D eigenvalue weighted by molar-refractivity contribution is 7.09. The molecule has 0 spiro atoms. The Morgan fingerprint density at radius 3 is 3.15 bits per heavy atom. The van der Waals surface area contributed by atoms with Gasteiger partial charge in [-0.1, -0.05) is 5.16 Å². The van der Waals surface area contributed by atoms with E-state index in [-0.39, 0.29) is 0 Å². The van der Waals surface area contributed by atoms with Gasteiger partial charge in [-0.3, -0.25) is 4.98 Å². The zero-order chi connectivity index (χ0) is 9.10. The molecule has 0 aliphatic carbocycles. The van der Waals surface area contributed by atoms with E-state index in [1.807, 2.05) is 0 Å². The molecule has 0 fully saturated rings. The van der Waals surface area contributed by atoms with Crippen molar-refractivity contribution in [3.8, 4) is 0 Å². The summed E-state index contributed by atoms with van der Waals surface area (Å²) in [5.41, 5.74) is 1.79. The van der Waals surface area contributed by atoms with Crippen molar-refractivity contribution in [1.82, 2.24) is 15.1 Å². The summed E-state index contributed by atoms with van der Waals surface area (Å²) >= 11 is 1.58. The van der Waals surface area contributed by atoms with E-state index >= 15 is 0 Å². The Balaban J connectivity index is 2.10. The smallest absolute Gasteiger partial charge is 0.321 e. The lowest BCUT2D eigenvalue weighted by Gasteiger charge is -1.86. The van der Waals surface area contributed by atoms with Crippen molar-refractivity contribution in [3.05, 3.63) is 22.4 Å². The molecule has 68 valence electrons. The third-order valence-corrected chi connectivity index (χ3v) is 2.28. The van der Waals surface area contributed by atoms with Gasteiger partial charge in [0.05, 0.1) is 5.51 Å². The zero-order valence-electron chi connectivity index (χ0n) is 7.02. The van der Waals surface area contributed by atoms with Crippen molar-refractivity contribution >= 4 is 17.4 Å². The first-order valence-electron chi connectivity index (χ1n) is 3.76. The minimum absolute atomic E-state index is 0.444. The SMILES string of the molecule is CNc1nc(Cc2cncs2)no1. The Kier molecular flexibility index (Phi) is 2.22. The van der Waals surface area contributed by atoms with E-state index in [4.69, 9.17) is 4.52 Å². The minimum Gasteiger partial charge on any atom is -0.341 e. The third-order valence-electron chi connectivity index (χ3n) is 1.50. The molecule has 0 atom stereocenters. The molecule has 5 nitrogen and oxygen atoms in total. The second-order valence-electron chi connectivity index (χ2n) is 2.41. The van der Waals surface area contributed by atoms with Crippen molar-refractivity contribution in [2.75, 3.05) is 12.4 Å². The molecule has 0 aromatic carbocycles. The molecular weight excluding hydrogens is 188 g/mol. The maximum absolute atomic E-state index is 4.87. The Bertz CT molecular complexity index is 370. The predicted molar refractivity (Wildman–Crippen MR) is 48.8 cm³/mol. The van der Waals surface area contributed by atoms with Crippen molar-refractivity contribution in [1.29, 1.82) is 0 Å². The van der Waals surface area contributed by atoms with Gasteiger partial charge in [-0.15, -0.1) is 11.3 Å². The summed E-state index contributed by atoms with van der Waals surface area (Å²) in [6.07, 6.45) is 2.48. The molecule has 13 heavy (non-hydrogen) atoms. The number of nitrogens with zero attached hydrogens (tertiary/aromatic N) is 3. The lowest BCUT2D eigenvalue weighted by atomic mass is 10.4. The predicted octanol–water partition coefficient (Wildman–Crippen LogP) is 1.16. The molecule has 2 rings (SSSR count). The molecule has 1 N–H and O–H groups in total. The van der Waals surface area contributed by atoms with Crippen LogP contribution in [0, 0.1) is 0 Å². The highest BCUT2D eigenvalue weighted by Crippen LogP contribution is 2.11. The number of anilines is 1. The molecule has 0 saturated heterocycles. The standard InChI is InChI=1S/C7H8N4OS/c1-8-7-10-6(11-12-7)2-5-3-9-4-13-5/h3-4H,2H2,1H3,(H,8,10,11). The first kappa shape index (κ1) is 8.18. The number of hydrogen-bond acceptors (Lipinski definition) is 6. The van der Waals surface area contributed by atoms with Crippen molar-refractivity contribution < 1.29 is 4.52 Å². The molecular formula is C7H8N4OS. The van der Waals surface area contributed by atoms with Gasteiger partial charge in [0.1, 0.15) is 0 Å². The molecule has 0 radical (unpaired) electrons. The van der Waals surface area contributed by atoms with Crippen molar-refractivity contribution in [3.63, 3.8) is 0 Å². The van der Waals surface area contributed by atoms with Gasteiger partial charge in [0.25, 0.3) is 0 Å². The fraction of sp³-hybridized carbons (Fsp3) is 0.286. The lowest BCUT2D eigenvalue weighted by Crippen LogP contribution is -1.90. The number of rotatable bonds is 3. The zero-order valence-corrected chi connectivity index (χ0v) is 7.84. The normalized spacial score (nSPS) is 10.2. The van der Waals surface area contributed by atoms with Crippen molar-refractivity contribution in [2.24, 2.45) is 0 Å². The second kappa shape index (κ2) is 3.53. The summed E-state index contributed by atoms with van der Waals surface area (Å²) in [5, 5.41) is 6.57. The summed E-state index contributed by atoms with van der Waals surface area (Å²) < 4.78 is 4.87. The van der Waals surface area contributed by atoms with Gasteiger partial charge >= 0.3 is 6.01 Å². The van der Waals surface area contributed by atoms with Gasteiger partial charge in [-0.2, -0.15) is 4.98 Å². The topological polar surface area (TPSA) is 63.8 Å². The van der Waals surface area contributed by atoms with Gasteiger partial charge < -0.3 is 9.84 Å². The molecule has 0 saturated carbocycles. The fourth-order valence-electron chi connectivity index (χ4n) is 0.913. The Morgan fingerprint density at radius 1 is 1.62 bits per heavy atom. The Labute approximate surface area is 78.8 Å². The molecule has 0 aliphatic rings. The second-order valence-corrected chi connectivity index (χ2v) is 3.38. The van der Waals surface area contributed by atoms with E-state index in [1.54, 1.807) is 30.1 Å². The van der Waals surface area contributed by atoms with Crippen molar-refractivity contribution in [2.45, 2.75) is 6.42 Å². The molecule has 0 unspecified atom stereocenters. The number of nitrogens with one attached hydrogen (secondary N) is 1. The van der Waals surface area contributed by atoms with Crippen LogP contribution in [0.3, 0.4) is 0 Å². The van der Waals surface area contributed by atoms with Crippen LogP contribution in [0.5, 0.6) is 0 Å².